The van der Waals surface area contributed by atoms with Crippen LogP contribution in [-0.4, -0.2) is 8.42 Å². The van der Waals surface area contributed by atoms with Gasteiger partial charge in [-0.25, -0.2) is 5.14 Å². The molecule has 0 saturated heterocycles. The second-order valence-electron chi connectivity index (χ2n) is 3.30. The van der Waals surface area contributed by atoms with Gasteiger partial charge in [0.25, 0.3) is 10.2 Å². The van der Waals surface area contributed by atoms with E-state index in [1.807, 2.05) is 31.2 Å². The second-order valence-corrected chi connectivity index (χ2v) is 4.62. The molecule has 0 aliphatic carbocycles. The molecule has 14 heavy (non-hydrogen) atoms. The van der Waals surface area contributed by atoms with Crippen molar-refractivity contribution < 1.29 is 8.42 Å². The van der Waals surface area contributed by atoms with Crippen LogP contribution in [0, 0.1) is 6.92 Å². The average Bonchev–Trinajstić information content (AvgIpc) is 2.01. The third kappa shape index (κ3) is 3.45. The zero-order valence-electron chi connectivity index (χ0n) is 8.19. The fourth-order valence-electron chi connectivity index (χ4n) is 1.25. The molecule has 0 spiro atoms. The van der Waals surface area contributed by atoms with Crippen LogP contribution in [0.1, 0.15) is 24.1 Å². The van der Waals surface area contributed by atoms with Gasteiger partial charge in [0, 0.05) is 6.04 Å². The number of benzene rings is 1. The predicted molar refractivity (Wildman–Crippen MR) is 55.8 cm³/mol. The molecule has 3 N–H and O–H groups in total. The summed E-state index contributed by atoms with van der Waals surface area (Å²) in [5, 5.41) is 4.87. The van der Waals surface area contributed by atoms with E-state index in [0.717, 1.165) is 11.1 Å². The van der Waals surface area contributed by atoms with Crippen molar-refractivity contribution in [1.82, 2.24) is 4.72 Å². The maximum atomic E-state index is 10.8. The van der Waals surface area contributed by atoms with Gasteiger partial charge in [-0.3, -0.25) is 0 Å². The average molecular weight is 214 g/mol. The molecule has 0 amide bonds. The first kappa shape index (κ1) is 11.2. The molecule has 0 fully saturated rings. The number of hydrogen-bond acceptors (Lipinski definition) is 2. The smallest absolute Gasteiger partial charge is 0.216 e. The van der Waals surface area contributed by atoms with Crippen molar-refractivity contribution in [3.63, 3.8) is 0 Å². The summed E-state index contributed by atoms with van der Waals surface area (Å²) >= 11 is 0. The lowest BCUT2D eigenvalue weighted by molar-refractivity contribution is 0.568. The molecule has 0 heterocycles. The Kier molecular flexibility index (Phi) is 3.25. The van der Waals surface area contributed by atoms with Gasteiger partial charge in [0.2, 0.25) is 0 Å². The minimum atomic E-state index is -3.63. The van der Waals surface area contributed by atoms with E-state index in [1.165, 1.54) is 0 Å². The Balaban J connectivity index is 2.85. The van der Waals surface area contributed by atoms with Crippen LogP contribution >= 0.6 is 0 Å². The summed E-state index contributed by atoms with van der Waals surface area (Å²) in [5.74, 6) is 0. The summed E-state index contributed by atoms with van der Waals surface area (Å²) in [6, 6.07) is 7.31. The van der Waals surface area contributed by atoms with Crippen LogP contribution in [0.4, 0.5) is 0 Å². The Morgan fingerprint density at radius 2 is 2.07 bits per heavy atom. The maximum absolute atomic E-state index is 10.8. The fraction of sp³-hybridized carbons (Fsp3) is 0.333. The molecule has 0 aliphatic rings. The predicted octanol–water partition coefficient (Wildman–Crippen LogP) is 0.849. The van der Waals surface area contributed by atoms with Gasteiger partial charge in [-0.05, 0) is 19.4 Å². The molecule has 0 unspecified atom stereocenters. The summed E-state index contributed by atoms with van der Waals surface area (Å²) in [6.07, 6.45) is 0. The van der Waals surface area contributed by atoms with Gasteiger partial charge in [-0.15, -0.1) is 0 Å². The Morgan fingerprint density at radius 3 is 2.57 bits per heavy atom. The van der Waals surface area contributed by atoms with Crippen LogP contribution < -0.4 is 9.86 Å². The Bertz CT molecular complexity index is 415. The largest absolute Gasteiger partial charge is 0.274 e. The van der Waals surface area contributed by atoms with Crippen molar-refractivity contribution in [3.05, 3.63) is 35.4 Å². The molecular formula is C9H14N2O2S. The van der Waals surface area contributed by atoms with Gasteiger partial charge >= 0.3 is 0 Å². The number of nitrogens with one attached hydrogen (secondary N) is 1. The summed E-state index contributed by atoms with van der Waals surface area (Å²) in [4.78, 5) is 0. The van der Waals surface area contributed by atoms with Crippen LogP contribution in [0.25, 0.3) is 0 Å². The monoisotopic (exact) mass is 214 g/mol. The molecule has 0 aliphatic heterocycles. The van der Waals surface area contributed by atoms with E-state index in [1.54, 1.807) is 6.92 Å². The quantitative estimate of drug-likeness (QED) is 0.783. The molecular weight excluding hydrogens is 200 g/mol. The number of hydrogen-bond donors (Lipinski definition) is 2. The van der Waals surface area contributed by atoms with Crippen LogP contribution in [0.5, 0.6) is 0 Å². The van der Waals surface area contributed by atoms with Crippen molar-refractivity contribution in [2.45, 2.75) is 19.9 Å². The summed E-state index contributed by atoms with van der Waals surface area (Å²) in [5.41, 5.74) is 1.99. The fourth-order valence-corrected chi connectivity index (χ4v) is 1.88. The first-order chi connectivity index (χ1) is 6.38. The second kappa shape index (κ2) is 4.08. The highest BCUT2D eigenvalue weighted by Gasteiger charge is 2.10. The lowest BCUT2D eigenvalue weighted by Crippen LogP contribution is -2.32. The molecule has 1 aromatic rings. The molecule has 1 aromatic carbocycles. The number of rotatable bonds is 3. The molecule has 5 heteroatoms. The lowest BCUT2D eigenvalue weighted by atomic mass is 10.1. The normalized spacial score (nSPS) is 13.9. The third-order valence-corrected chi connectivity index (χ3v) is 2.57. The van der Waals surface area contributed by atoms with Crippen molar-refractivity contribution >= 4 is 10.2 Å². The van der Waals surface area contributed by atoms with Gasteiger partial charge in [0.15, 0.2) is 0 Å². The SMILES string of the molecule is Cc1cccc([C@@H](C)NS(N)(=O)=O)c1. The maximum Gasteiger partial charge on any atom is 0.274 e. The van der Waals surface area contributed by atoms with Gasteiger partial charge in [-0.1, -0.05) is 29.8 Å². The van der Waals surface area contributed by atoms with E-state index in [0.29, 0.717) is 0 Å². The van der Waals surface area contributed by atoms with E-state index in [4.69, 9.17) is 5.14 Å². The van der Waals surface area contributed by atoms with Gasteiger partial charge < -0.3 is 0 Å². The van der Waals surface area contributed by atoms with Crippen LogP contribution in [0.3, 0.4) is 0 Å². The minimum Gasteiger partial charge on any atom is -0.216 e. The first-order valence-electron chi connectivity index (χ1n) is 4.25. The molecule has 0 saturated carbocycles. The van der Waals surface area contributed by atoms with Crippen molar-refractivity contribution in [2.24, 2.45) is 5.14 Å². The van der Waals surface area contributed by atoms with Crippen molar-refractivity contribution in [2.75, 3.05) is 0 Å². The summed E-state index contributed by atoms with van der Waals surface area (Å²) < 4.78 is 23.8. The van der Waals surface area contributed by atoms with E-state index >= 15 is 0 Å². The topological polar surface area (TPSA) is 72.2 Å². The van der Waals surface area contributed by atoms with Crippen molar-refractivity contribution in [3.8, 4) is 0 Å². The molecule has 1 rings (SSSR count). The van der Waals surface area contributed by atoms with Crippen LogP contribution in [0.2, 0.25) is 0 Å². The third-order valence-electron chi connectivity index (χ3n) is 1.88. The molecule has 0 bridgehead atoms. The van der Waals surface area contributed by atoms with E-state index in [-0.39, 0.29) is 6.04 Å². The first-order valence-corrected chi connectivity index (χ1v) is 5.80. The number of nitrogens with two attached hydrogens (primary N) is 1. The Hall–Kier alpha value is -0.910. The minimum absolute atomic E-state index is 0.301. The molecule has 0 aromatic heterocycles. The molecule has 78 valence electrons. The van der Waals surface area contributed by atoms with E-state index in [9.17, 15) is 8.42 Å². The van der Waals surface area contributed by atoms with E-state index < -0.39 is 10.2 Å². The van der Waals surface area contributed by atoms with Crippen LogP contribution in [0.15, 0.2) is 24.3 Å². The zero-order valence-corrected chi connectivity index (χ0v) is 9.01. The van der Waals surface area contributed by atoms with E-state index in [2.05, 4.69) is 4.72 Å². The molecule has 4 nitrogen and oxygen atoms in total. The molecule has 1 atom stereocenters. The van der Waals surface area contributed by atoms with Gasteiger partial charge in [-0.2, -0.15) is 13.1 Å². The van der Waals surface area contributed by atoms with Gasteiger partial charge in [0.1, 0.15) is 0 Å². The highest BCUT2D eigenvalue weighted by molar-refractivity contribution is 7.87. The zero-order chi connectivity index (χ0) is 10.8. The number of aryl methyl sites for hydroxylation is 1. The van der Waals surface area contributed by atoms with Crippen LogP contribution in [-0.2, 0) is 10.2 Å². The van der Waals surface area contributed by atoms with Gasteiger partial charge in [0.05, 0.1) is 0 Å². The Labute approximate surface area is 84.3 Å². The highest BCUT2D eigenvalue weighted by Crippen LogP contribution is 2.13. The standard InChI is InChI=1S/C9H14N2O2S/c1-7-4-3-5-9(6-7)8(2)11-14(10,12)13/h3-6,8,11H,1-2H3,(H2,10,12,13)/t8-/m1/s1. The lowest BCUT2D eigenvalue weighted by Gasteiger charge is -2.12. The van der Waals surface area contributed by atoms with Crippen molar-refractivity contribution in [1.29, 1.82) is 0 Å². The Morgan fingerprint density at radius 1 is 1.43 bits per heavy atom. The summed E-state index contributed by atoms with van der Waals surface area (Å²) in [6.45, 7) is 3.70. The molecule has 0 radical (unpaired) electrons. The highest BCUT2D eigenvalue weighted by atomic mass is 32.2. The summed E-state index contributed by atoms with van der Waals surface area (Å²) in [7, 11) is -3.63.